The second-order valence-electron chi connectivity index (χ2n) is 3.27. The van der Waals surface area contributed by atoms with Gasteiger partial charge in [0, 0.05) is 16.3 Å². The van der Waals surface area contributed by atoms with E-state index in [1.807, 2.05) is 0 Å². The standard InChI is InChI=1S/C9H10BrFO3S/c1-15(13,14)5-9(12)7-3-2-6(10)4-8(7)11/h2-4,9,12H,5H2,1H3. The monoisotopic (exact) mass is 296 g/mol. The molecule has 0 saturated heterocycles. The second-order valence-corrected chi connectivity index (χ2v) is 6.37. The van der Waals surface area contributed by atoms with Gasteiger partial charge in [0.05, 0.1) is 11.9 Å². The number of sulfone groups is 1. The molecule has 0 saturated carbocycles. The highest BCUT2D eigenvalue weighted by Gasteiger charge is 2.17. The molecule has 1 aromatic carbocycles. The Morgan fingerprint density at radius 1 is 1.53 bits per heavy atom. The highest BCUT2D eigenvalue weighted by atomic mass is 79.9. The number of rotatable bonds is 3. The lowest BCUT2D eigenvalue weighted by Gasteiger charge is -2.10. The minimum Gasteiger partial charge on any atom is -0.387 e. The fourth-order valence-electron chi connectivity index (χ4n) is 1.15. The predicted molar refractivity (Wildman–Crippen MR) is 58.8 cm³/mol. The highest BCUT2D eigenvalue weighted by Crippen LogP contribution is 2.21. The van der Waals surface area contributed by atoms with Crippen LogP contribution in [0.5, 0.6) is 0 Å². The molecular weight excluding hydrogens is 287 g/mol. The number of aliphatic hydroxyl groups is 1. The van der Waals surface area contributed by atoms with Gasteiger partial charge in [0.25, 0.3) is 0 Å². The van der Waals surface area contributed by atoms with E-state index in [0.717, 1.165) is 6.26 Å². The molecule has 0 amide bonds. The first kappa shape index (κ1) is 12.6. The van der Waals surface area contributed by atoms with Crippen LogP contribution in [0.3, 0.4) is 0 Å². The van der Waals surface area contributed by atoms with E-state index in [9.17, 15) is 17.9 Å². The maximum atomic E-state index is 13.3. The molecule has 0 bridgehead atoms. The molecule has 0 aliphatic rings. The molecule has 0 aliphatic heterocycles. The number of aliphatic hydroxyl groups excluding tert-OH is 1. The van der Waals surface area contributed by atoms with E-state index in [-0.39, 0.29) is 5.56 Å². The Bertz CT molecular complexity index is 458. The maximum absolute atomic E-state index is 13.3. The van der Waals surface area contributed by atoms with E-state index in [0.29, 0.717) is 4.47 Å². The summed E-state index contributed by atoms with van der Waals surface area (Å²) in [6, 6.07) is 4.08. The zero-order valence-electron chi connectivity index (χ0n) is 7.94. The summed E-state index contributed by atoms with van der Waals surface area (Å²) >= 11 is 3.07. The van der Waals surface area contributed by atoms with Crippen molar-refractivity contribution in [2.24, 2.45) is 0 Å². The average Bonchev–Trinajstić information content (AvgIpc) is 1.99. The lowest BCUT2D eigenvalue weighted by molar-refractivity contribution is 0.196. The molecule has 0 heterocycles. The molecule has 1 rings (SSSR count). The molecule has 0 aromatic heterocycles. The minimum absolute atomic E-state index is 0.0105. The number of benzene rings is 1. The predicted octanol–water partition coefficient (Wildman–Crippen LogP) is 1.67. The van der Waals surface area contributed by atoms with Gasteiger partial charge in [-0.2, -0.15) is 0 Å². The summed E-state index contributed by atoms with van der Waals surface area (Å²) in [5.41, 5.74) is -0.0105. The van der Waals surface area contributed by atoms with Gasteiger partial charge in [0.2, 0.25) is 0 Å². The van der Waals surface area contributed by atoms with Crippen LogP contribution in [-0.2, 0) is 9.84 Å². The molecule has 3 nitrogen and oxygen atoms in total. The quantitative estimate of drug-likeness (QED) is 0.923. The summed E-state index contributed by atoms with van der Waals surface area (Å²) in [6.07, 6.45) is -0.333. The Morgan fingerprint density at radius 3 is 2.60 bits per heavy atom. The lowest BCUT2D eigenvalue weighted by atomic mass is 10.1. The summed E-state index contributed by atoms with van der Waals surface area (Å²) in [7, 11) is -3.33. The molecule has 15 heavy (non-hydrogen) atoms. The third-order valence-corrected chi connectivity index (χ3v) is 3.20. The molecule has 0 radical (unpaired) electrons. The average molecular weight is 297 g/mol. The third kappa shape index (κ3) is 3.89. The van der Waals surface area contributed by atoms with Crippen LogP contribution in [0.4, 0.5) is 4.39 Å². The van der Waals surface area contributed by atoms with Crippen molar-refractivity contribution in [1.82, 2.24) is 0 Å². The normalized spacial score (nSPS) is 13.9. The summed E-state index contributed by atoms with van der Waals surface area (Å²) in [4.78, 5) is 0. The van der Waals surface area contributed by atoms with Crippen molar-refractivity contribution in [3.8, 4) is 0 Å². The van der Waals surface area contributed by atoms with Crippen molar-refractivity contribution in [3.05, 3.63) is 34.1 Å². The van der Waals surface area contributed by atoms with Crippen LogP contribution in [0.2, 0.25) is 0 Å². The fraction of sp³-hybridized carbons (Fsp3) is 0.333. The molecule has 84 valence electrons. The molecule has 1 N–H and O–H groups in total. The van der Waals surface area contributed by atoms with Crippen molar-refractivity contribution in [2.45, 2.75) is 6.10 Å². The van der Waals surface area contributed by atoms with Gasteiger partial charge in [-0.25, -0.2) is 12.8 Å². The Balaban J connectivity index is 2.97. The summed E-state index contributed by atoms with van der Waals surface area (Å²) in [5, 5.41) is 9.49. The molecule has 6 heteroatoms. The summed E-state index contributed by atoms with van der Waals surface area (Å²) in [5.74, 6) is -1.11. The van der Waals surface area contributed by atoms with Gasteiger partial charge in [0.15, 0.2) is 0 Å². The van der Waals surface area contributed by atoms with E-state index in [1.54, 1.807) is 6.07 Å². The Kier molecular flexibility index (Phi) is 3.86. The van der Waals surface area contributed by atoms with Gasteiger partial charge >= 0.3 is 0 Å². The zero-order chi connectivity index (χ0) is 11.6. The van der Waals surface area contributed by atoms with E-state index in [2.05, 4.69) is 15.9 Å². The molecule has 1 atom stereocenters. The third-order valence-electron chi connectivity index (χ3n) is 1.78. The number of hydrogen-bond acceptors (Lipinski definition) is 3. The second kappa shape index (κ2) is 4.59. The Morgan fingerprint density at radius 2 is 2.13 bits per heavy atom. The van der Waals surface area contributed by atoms with Crippen LogP contribution in [0.1, 0.15) is 11.7 Å². The van der Waals surface area contributed by atoms with E-state index >= 15 is 0 Å². The Labute approximate surface area is 96.0 Å². The van der Waals surface area contributed by atoms with Crippen molar-refractivity contribution in [2.75, 3.05) is 12.0 Å². The van der Waals surface area contributed by atoms with Gasteiger partial charge in [-0.15, -0.1) is 0 Å². The fourth-order valence-corrected chi connectivity index (χ4v) is 2.23. The summed E-state index contributed by atoms with van der Waals surface area (Å²) in [6.45, 7) is 0. The van der Waals surface area contributed by atoms with Crippen LogP contribution in [0, 0.1) is 5.82 Å². The van der Waals surface area contributed by atoms with E-state index in [1.165, 1.54) is 12.1 Å². The minimum atomic E-state index is -3.33. The first-order valence-electron chi connectivity index (χ1n) is 4.10. The molecule has 1 aromatic rings. The number of hydrogen-bond donors (Lipinski definition) is 1. The van der Waals surface area contributed by atoms with Crippen LogP contribution in [0.15, 0.2) is 22.7 Å². The van der Waals surface area contributed by atoms with Crippen LogP contribution in [-0.4, -0.2) is 25.5 Å². The SMILES string of the molecule is CS(=O)(=O)CC(O)c1ccc(Br)cc1F. The van der Waals surface area contributed by atoms with Gasteiger partial charge in [-0.05, 0) is 12.1 Å². The van der Waals surface area contributed by atoms with E-state index < -0.39 is 27.5 Å². The van der Waals surface area contributed by atoms with Crippen molar-refractivity contribution >= 4 is 25.8 Å². The van der Waals surface area contributed by atoms with Gasteiger partial charge in [-0.3, -0.25) is 0 Å². The smallest absolute Gasteiger partial charge is 0.150 e. The van der Waals surface area contributed by atoms with Gasteiger partial charge < -0.3 is 5.11 Å². The molecular formula is C9H10BrFO3S. The topological polar surface area (TPSA) is 54.4 Å². The summed E-state index contributed by atoms with van der Waals surface area (Å²) < 4.78 is 35.6. The van der Waals surface area contributed by atoms with Crippen molar-refractivity contribution in [3.63, 3.8) is 0 Å². The molecule has 0 spiro atoms. The van der Waals surface area contributed by atoms with Gasteiger partial charge in [0.1, 0.15) is 15.7 Å². The first-order valence-corrected chi connectivity index (χ1v) is 6.95. The first-order chi connectivity index (χ1) is 6.79. The van der Waals surface area contributed by atoms with Crippen LogP contribution >= 0.6 is 15.9 Å². The van der Waals surface area contributed by atoms with E-state index in [4.69, 9.17) is 0 Å². The van der Waals surface area contributed by atoms with Gasteiger partial charge in [-0.1, -0.05) is 22.0 Å². The van der Waals surface area contributed by atoms with Crippen LogP contribution in [0.25, 0.3) is 0 Å². The molecule has 0 aliphatic carbocycles. The number of halogens is 2. The molecule has 1 unspecified atom stereocenters. The maximum Gasteiger partial charge on any atom is 0.150 e. The molecule has 0 fully saturated rings. The Hall–Kier alpha value is -0.460. The van der Waals surface area contributed by atoms with Crippen LogP contribution < -0.4 is 0 Å². The highest BCUT2D eigenvalue weighted by molar-refractivity contribution is 9.10. The largest absolute Gasteiger partial charge is 0.387 e. The van der Waals surface area contributed by atoms with Crippen molar-refractivity contribution in [1.29, 1.82) is 0 Å². The van der Waals surface area contributed by atoms with Crippen molar-refractivity contribution < 1.29 is 17.9 Å². The zero-order valence-corrected chi connectivity index (χ0v) is 10.3. The lowest BCUT2D eigenvalue weighted by Crippen LogP contribution is -2.13.